The van der Waals surface area contributed by atoms with Crippen LogP contribution in [-0.2, 0) is 18.2 Å². The molecule has 4 rings (SSSR count). The third kappa shape index (κ3) is 2.82. The maximum atomic E-state index is 9.08. The molecule has 0 amide bonds. The van der Waals surface area contributed by atoms with E-state index in [2.05, 4.69) is 32.7 Å². The minimum absolute atomic E-state index is 0.421. The van der Waals surface area contributed by atoms with Gasteiger partial charge in [0.1, 0.15) is 5.52 Å². The highest BCUT2D eigenvalue weighted by molar-refractivity contribution is 5.75. The largest absolute Gasteiger partial charge is 0.381 e. The van der Waals surface area contributed by atoms with Crippen molar-refractivity contribution in [3.63, 3.8) is 0 Å². The number of aryl methyl sites for hydroxylation is 2. The second-order valence-electron chi connectivity index (χ2n) is 6.58. The molecule has 2 aromatic heterocycles. The van der Waals surface area contributed by atoms with Gasteiger partial charge < -0.3 is 10.1 Å². The van der Waals surface area contributed by atoms with Gasteiger partial charge in [0.25, 0.3) is 0 Å². The van der Waals surface area contributed by atoms with Crippen molar-refractivity contribution in [3.8, 4) is 6.07 Å². The SMILES string of the molecule is CCc1cc(C#N)ccc1Nc1ncc2c(n1)n(C1CCOCC1)n2C. The number of nitrogens with one attached hydrogen (secondary N) is 1. The lowest BCUT2D eigenvalue weighted by Crippen LogP contribution is -2.30. The highest BCUT2D eigenvalue weighted by Gasteiger charge is 2.23. The van der Waals surface area contributed by atoms with Gasteiger partial charge in [0.2, 0.25) is 5.95 Å². The number of hydrogen-bond acceptors (Lipinski definition) is 5. The lowest BCUT2D eigenvalue weighted by molar-refractivity contribution is 0.0631. The summed E-state index contributed by atoms with van der Waals surface area (Å²) >= 11 is 0. The Balaban J connectivity index is 1.65. The van der Waals surface area contributed by atoms with E-state index in [4.69, 9.17) is 15.0 Å². The number of nitriles is 1. The van der Waals surface area contributed by atoms with Gasteiger partial charge in [-0.1, -0.05) is 6.92 Å². The number of aromatic nitrogens is 4. The third-order valence-corrected chi connectivity index (χ3v) is 5.04. The van der Waals surface area contributed by atoms with Gasteiger partial charge in [0.15, 0.2) is 5.65 Å². The van der Waals surface area contributed by atoms with E-state index in [0.29, 0.717) is 17.6 Å². The van der Waals surface area contributed by atoms with Crippen molar-refractivity contribution in [1.29, 1.82) is 5.26 Å². The second-order valence-corrected chi connectivity index (χ2v) is 6.58. The molecule has 0 radical (unpaired) electrons. The fourth-order valence-electron chi connectivity index (χ4n) is 3.58. The van der Waals surface area contributed by atoms with Crippen molar-refractivity contribution in [2.24, 2.45) is 7.05 Å². The predicted molar refractivity (Wildman–Crippen MR) is 99.4 cm³/mol. The fraction of sp³-hybridized carbons (Fsp3) is 0.421. The van der Waals surface area contributed by atoms with Crippen LogP contribution in [0.1, 0.15) is 36.9 Å². The topological polar surface area (TPSA) is 80.7 Å². The standard InChI is InChI=1S/C19H22N6O/c1-3-14-10-13(11-20)4-5-16(14)22-19-21-12-17-18(23-19)25(24(17)2)15-6-8-26-9-7-15/h4-5,10,12,15H,3,6-9H2,1-2H3,(H,21,22,23). The van der Waals surface area contributed by atoms with Gasteiger partial charge in [-0.25, -0.2) is 4.98 Å². The summed E-state index contributed by atoms with van der Waals surface area (Å²) in [6.07, 6.45) is 4.70. The smallest absolute Gasteiger partial charge is 0.229 e. The highest BCUT2D eigenvalue weighted by atomic mass is 16.5. The second kappa shape index (κ2) is 6.81. The summed E-state index contributed by atoms with van der Waals surface area (Å²) in [5.41, 5.74) is 4.68. The Hall–Kier alpha value is -2.85. The first-order valence-electron chi connectivity index (χ1n) is 8.99. The van der Waals surface area contributed by atoms with Crippen LogP contribution < -0.4 is 5.32 Å². The third-order valence-electron chi connectivity index (χ3n) is 5.04. The quantitative estimate of drug-likeness (QED) is 0.781. The van der Waals surface area contributed by atoms with E-state index in [9.17, 15) is 0 Å². The zero-order valence-corrected chi connectivity index (χ0v) is 15.1. The summed E-state index contributed by atoms with van der Waals surface area (Å²) in [7, 11) is 2.05. The normalized spacial score (nSPS) is 15.3. The van der Waals surface area contributed by atoms with Crippen LogP contribution in [0.3, 0.4) is 0 Å². The summed E-state index contributed by atoms with van der Waals surface area (Å²) in [6, 6.07) is 8.24. The zero-order chi connectivity index (χ0) is 18.1. The van der Waals surface area contributed by atoms with Crippen LogP contribution in [0.15, 0.2) is 24.4 Å². The van der Waals surface area contributed by atoms with Crippen molar-refractivity contribution < 1.29 is 4.74 Å². The molecule has 1 N–H and O–H groups in total. The van der Waals surface area contributed by atoms with Gasteiger partial charge in [0, 0.05) is 25.9 Å². The molecule has 134 valence electrons. The molecule has 7 heteroatoms. The molecule has 3 heterocycles. The molecule has 26 heavy (non-hydrogen) atoms. The summed E-state index contributed by atoms with van der Waals surface area (Å²) in [4.78, 5) is 9.19. The summed E-state index contributed by atoms with van der Waals surface area (Å²) < 4.78 is 9.84. The Labute approximate surface area is 152 Å². The number of benzene rings is 1. The molecule has 1 fully saturated rings. The van der Waals surface area contributed by atoms with Crippen LogP contribution in [0.4, 0.5) is 11.6 Å². The van der Waals surface area contributed by atoms with Crippen LogP contribution in [0, 0.1) is 11.3 Å². The van der Waals surface area contributed by atoms with Crippen molar-refractivity contribution in [1.82, 2.24) is 19.3 Å². The lowest BCUT2D eigenvalue weighted by Gasteiger charge is -2.32. The number of fused-ring (bicyclic) bond motifs is 1. The molecule has 0 saturated carbocycles. The Morgan fingerprint density at radius 3 is 2.88 bits per heavy atom. The van der Waals surface area contributed by atoms with Crippen LogP contribution in [0.2, 0.25) is 0 Å². The number of rotatable bonds is 4. The molecule has 0 atom stereocenters. The number of anilines is 2. The molecule has 1 aliphatic rings. The number of nitrogens with zero attached hydrogens (tertiary/aromatic N) is 5. The Bertz CT molecular complexity index is 974. The lowest BCUT2D eigenvalue weighted by atomic mass is 10.1. The Kier molecular flexibility index (Phi) is 4.35. The van der Waals surface area contributed by atoms with E-state index < -0.39 is 0 Å². The van der Waals surface area contributed by atoms with Crippen molar-refractivity contribution in [2.75, 3.05) is 18.5 Å². The molecule has 0 bridgehead atoms. The highest BCUT2D eigenvalue weighted by Crippen LogP contribution is 2.29. The molecule has 0 unspecified atom stereocenters. The maximum Gasteiger partial charge on any atom is 0.229 e. The van der Waals surface area contributed by atoms with E-state index >= 15 is 0 Å². The minimum atomic E-state index is 0.421. The number of ether oxygens (including phenoxy) is 1. The van der Waals surface area contributed by atoms with E-state index in [1.807, 2.05) is 31.4 Å². The van der Waals surface area contributed by atoms with Gasteiger partial charge in [-0.2, -0.15) is 10.2 Å². The van der Waals surface area contributed by atoms with Gasteiger partial charge in [-0.3, -0.25) is 9.36 Å². The first kappa shape index (κ1) is 16.6. The Morgan fingerprint density at radius 2 is 2.15 bits per heavy atom. The molecule has 0 aliphatic carbocycles. The van der Waals surface area contributed by atoms with E-state index in [0.717, 1.165) is 54.9 Å². The van der Waals surface area contributed by atoms with Crippen LogP contribution in [0.5, 0.6) is 0 Å². The molecule has 7 nitrogen and oxygen atoms in total. The molecule has 0 spiro atoms. The predicted octanol–water partition coefficient (Wildman–Crippen LogP) is 3.30. The molecule has 1 aromatic carbocycles. The van der Waals surface area contributed by atoms with E-state index in [-0.39, 0.29) is 0 Å². The van der Waals surface area contributed by atoms with Crippen molar-refractivity contribution in [2.45, 2.75) is 32.2 Å². The van der Waals surface area contributed by atoms with E-state index in [1.165, 1.54) is 0 Å². The van der Waals surface area contributed by atoms with Crippen LogP contribution in [-0.4, -0.2) is 32.5 Å². The van der Waals surface area contributed by atoms with Crippen LogP contribution in [0.25, 0.3) is 11.2 Å². The molecular formula is C19H22N6O. The van der Waals surface area contributed by atoms with Gasteiger partial charge in [-0.05, 0) is 43.0 Å². The average Bonchev–Trinajstić information content (AvgIpc) is 2.69. The molecule has 1 aliphatic heterocycles. The first-order valence-corrected chi connectivity index (χ1v) is 8.99. The number of hydrogen-bond donors (Lipinski definition) is 1. The summed E-state index contributed by atoms with van der Waals surface area (Å²) in [5.74, 6) is 0.577. The molecule has 3 aromatic rings. The summed E-state index contributed by atoms with van der Waals surface area (Å²) in [5, 5.41) is 12.4. The van der Waals surface area contributed by atoms with Gasteiger partial charge in [0.05, 0.1) is 23.9 Å². The average molecular weight is 350 g/mol. The zero-order valence-electron chi connectivity index (χ0n) is 15.1. The Morgan fingerprint density at radius 1 is 1.35 bits per heavy atom. The van der Waals surface area contributed by atoms with Crippen LogP contribution >= 0.6 is 0 Å². The first-order chi connectivity index (χ1) is 12.7. The maximum absolute atomic E-state index is 9.08. The summed E-state index contributed by atoms with van der Waals surface area (Å²) in [6.45, 7) is 3.67. The monoisotopic (exact) mass is 350 g/mol. The fourth-order valence-corrected chi connectivity index (χ4v) is 3.58. The van der Waals surface area contributed by atoms with Crippen molar-refractivity contribution >= 4 is 22.8 Å². The molecular weight excluding hydrogens is 328 g/mol. The van der Waals surface area contributed by atoms with Gasteiger partial charge in [-0.15, -0.1) is 0 Å². The van der Waals surface area contributed by atoms with Crippen molar-refractivity contribution in [3.05, 3.63) is 35.5 Å². The van der Waals surface area contributed by atoms with E-state index in [1.54, 1.807) is 0 Å². The molecule has 1 saturated heterocycles. The minimum Gasteiger partial charge on any atom is -0.381 e. The van der Waals surface area contributed by atoms with Gasteiger partial charge >= 0.3 is 0 Å².